The highest BCUT2D eigenvalue weighted by Crippen LogP contribution is 2.26. The average molecular weight is 493 g/mol. The number of carbonyl (C=O) groups is 1. The van der Waals surface area contributed by atoms with Gasteiger partial charge in [0.05, 0.1) is 5.69 Å². The molecule has 2 aromatic carbocycles. The minimum absolute atomic E-state index is 0.134. The van der Waals surface area contributed by atoms with E-state index in [1.165, 1.54) is 5.56 Å². The van der Waals surface area contributed by atoms with Gasteiger partial charge < -0.3 is 9.32 Å². The molecule has 0 N–H and O–H groups in total. The highest BCUT2D eigenvalue weighted by molar-refractivity contribution is 6.30. The van der Waals surface area contributed by atoms with Gasteiger partial charge in [0.2, 0.25) is 11.8 Å². The van der Waals surface area contributed by atoms with E-state index in [-0.39, 0.29) is 5.92 Å². The lowest BCUT2D eigenvalue weighted by Crippen LogP contribution is -2.51. The summed E-state index contributed by atoms with van der Waals surface area (Å²) in [5, 5.41) is 0.698. The minimum Gasteiger partial charge on any atom is -0.441 e. The highest BCUT2D eigenvalue weighted by atomic mass is 35.5. The molecular weight excluding hydrogens is 460 g/mol. The molecular formula is C28H33ClN4O2. The number of nitrogens with zero attached hydrogens (tertiary/aromatic N) is 4. The van der Waals surface area contributed by atoms with Crippen LogP contribution in [-0.4, -0.2) is 64.9 Å². The van der Waals surface area contributed by atoms with Crippen LogP contribution >= 0.6 is 11.6 Å². The maximum atomic E-state index is 13.2. The Hall–Kier alpha value is -2.67. The zero-order valence-electron chi connectivity index (χ0n) is 20.3. The molecule has 0 saturated carbocycles. The van der Waals surface area contributed by atoms with Gasteiger partial charge in [-0.15, -0.1) is 0 Å². The molecule has 2 saturated heterocycles. The molecule has 0 unspecified atom stereocenters. The fourth-order valence-electron chi connectivity index (χ4n) is 5.07. The Balaban J connectivity index is 1.09. The van der Waals surface area contributed by atoms with E-state index < -0.39 is 0 Å². The summed E-state index contributed by atoms with van der Waals surface area (Å²) in [4.78, 5) is 24.8. The van der Waals surface area contributed by atoms with E-state index in [0.717, 1.165) is 82.2 Å². The summed E-state index contributed by atoms with van der Waals surface area (Å²) < 4.78 is 5.92. The number of aryl methyl sites for hydroxylation is 1. The van der Waals surface area contributed by atoms with Crippen LogP contribution in [-0.2, 0) is 17.9 Å². The van der Waals surface area contributed by atoms with Crippen LogP contribution in [0.4, 0.5) is 0 Å². The zero-order chi connectivity index (χ0) is 24.2. The lowest BCUT2D eigenvalue weighted by atomic mass is 9.94. The third kappa shape index (κ3) is 5.95. The molecule has 1 amide bonds. The van der Waals surface area contributed by atoms with Crippen LogP contribution in [0.5, 0.6) is 0 Å². The van der Waals surface area contributed by atoms with Crippen molar-refractivity contribution in [2.24, 2.45) is 5.92 Å². The van der Waals surface area contributed by atoms with Crippen LogP contribution < -0.4 is 0 Å². The van der Waals surface area contributed by atoms with Crippen LogP contribution in [0.25, 0.3) is 11.5 Å². The summed E-state index contributed by atoms with van der Waals surface area (Å²) in [7, 11) is 0. The quantitative estimate of drug-likeness (QED) is 0.492. The monoisotopic (exact) mass is 492 g/mol. The predicted molar refractivity (Wildman–Crippen MR) is 138 cm³/mol. The van der Waals surface area contributed by atoms with Crippen molar-refractivity contribution < 1.29 is 9.21 Å². The molecule has 3 aromatic rings. The molecule has 1 aromatic heterocycles. The second-order valence-corrected chi connectivity index (χ2v) is 10.1. The molecule has 0 radical (unpaired) electrons. The van der Waals surface area contributed by atoms with Gasteiger partial charge in [0.15, 0.2) is 0 Å². The molecule has 0 bridgehead atoms. The average Bonchev–Trinajstić information content (AvgIpc) is 3.25. The van der Waals surface area contributed by atoms with E-state index in [9.17, 15) is 4.79 Å². The Morgan fingerprint density at radius 1 is 0.914 bits per heavy atom. The van der Waals surface area contributed by atoms with E-state index >= 15 is 0 Å². The molecule has 2 fully saturated rings. The number of hydrogen-bond donors (Lipinski definition) is 0. The van der Waals surface area contributed by atoms with Crippen molar-refractivity contribution in [3.05, 3.63) is 76.6 Å². The van der Waals surface area contributed by atoms with Gasteiger partial charge in [0.1, 0.15) is 5.76 Å². The molecule has 2 aliphatic rings. The maximum Gasteiger partial charge on any atom is 0.226 e. The smallest absolute Gasteiger partial charge is 0.226 e. The van der Waals surface area contributed by atoms with Crippen molar-refractivity contribution >= 4 is 17.5 Å². The summed E-state index contributed by atoms with van der Waals surface area (Å²) in [6.07, 6.45) is 1.81. The number of likely N-dealkylation sites (tertiary alicyclic amines) is 1. The van der Waals surface area contributed by atoms with Gasteiger partial charge >= 0.3 is 0 Å². The van der Waals surface area contributed by atoms with Crippen molar-refractivity contribution in [1.82, 2.24) is 19.7 Å². The number of oxazole rings is 1. The number of carbonyl (C=O) groups excluding carboxylic acids is 1. The van der Waals surface area contributed by atoms with Crippen molar-refractivity contribution in [1.29, 1.82) is 0 Å². The summed E-state index contributed by atoms with van der Waals surface area (Å²) in [5.74, 6) is 1.95. The van der Waals surface area contributed by atoms with Crippen LogP contribution in [0.1, 0.15) is 29.9 Å². The lowest BCUT2D eigenvalue weighted by Gasteiger charge is -2.38. The number of aromatic nitrogens is 1. The van der Waals surface area contributed by atoms with Gasteiger partial charge in [0.25, 0.3) is 0 Å². The van der Waals surface area contributed by atoms with Crippen LogP contribution in [0.3, 0.4) is 0 Å². The summed E-state index contributed by atoms with van der Waals surface area (Å²) in [5.41, 5.74) is 3.23. The Kier molecular flexibility index (Phi) is 7.51. The third-order valence-corrected chi connectivity index (χ3v) is 7.48. The van der Waals surface area contributed by atoms with Gasteiger partial charge in [-0.05, 0) is 62.7 Å². The Bertz CT molecular complexity index is 1120. The number of halogens is 1. The lowest BCUT2D eigenvalue weighted by molar-refractivity contribution is -0.139. The minimum atomic E-state index is 0.134. The van der Waals surface area contributed by atoms with Gasteiger partial charge in [-0.25, -0.2) is 4.98 Å². The van der Waals surface area contributed by atoms with Gasteiger partial charge in [0, 0.05) is 55.8 Å². The van der Waals surface area contributed by atoms with Crippen LogP contribution in [0, 0.1) is 12.8 Å². The fourth-order valence-corrected chi connectivity index (χ4v) is 5.19. The topological polar surface area (TPSA) is 52.8 Å². The van der Waals surface area contributed by atoms with Crippen molar-refractivity contribution in [3.8, 4) is 11.5 Å². The first-order valence-corrected chi connectivity index (χ1v) is 12.9. The number of amides is 1. The van der Waals surface area contributed by atoms with Crippen molar-refractivity contribution in [2.45, 2.75) is 32.9 Å². The molecule has 0 spiro atoms. The molecule has 0 aliphatic carbocycles. The standard InChI is InChI=1S/C28H33ClN4O2/c1-21-26(30-27(35-21)23-7-9-25(29)10-8-23)20-31-13-11-24(12-14-31)28(34)33-17-15-32(16-18-33)19-22-5-3-2-4-6-22/h2-10,24H,11-20H2,1H3. The molecule has 184 valence electrons. The maximum absolute atomic E-state index is 13.2. The molecule has 7 heteroatoms. The van der Waals surface area contributed by atoms with Gasteiger partial charge in [-0.3, -0.25) is 14.6 Å². The van der Waals surface area contributed by atoms with Gasteiger partial charge in [-0.1, -0.05) is 41.9 Å². The number of piperazine rings is 1. The molecule has 3 heterocycles. The number of rotatable bonds is 6. The third-order valence-electron chi connectivity index (χ3n) is 7.23. The SMILES string of the molecule is Cc1oc(-c2ccc(Cl)cc2)nc1CN1CCC(C(=O)N2CCN(Cc3ccccc3)CC2)CC1. The predicted octanol–water partition coefficient (Wildman–Crippen LogP) is 4.86. The Morgan fingerprint density at radius 3 is 2.26 bits per heavy atom. The first kappa shape index (κ1) is 24.0. The fraction of sp³-hybridized carbons (Fsp3) is 0.429. The molecule has 5 rings (SSSR count). The summed E-state index contributed by atoms with van der Waals surface area (Å²) in [6, 6.07) is 18.1. The van der Waals surface area contributed by atoms with E-state index in [0.29, 0.717) is 16.8 Å². The van der Waals surface area contributed by atoms with Crippen molar-refractivity contribution in [2.75, 3.05) is 39.3 Å². The second-order valence-electron chi connectivity index (χ2n) is 9.67. The van der Waals surface area contributed by atoms with Crippen LogP contribution in [0.2, 0.25) is 5.02 Å². The van der Waals surface area contributed by atoms with Gasteiger partial charge in [-0.2, -0.15) is 0 Å². The number of hydrogen-bond acceptors (Lipinski definition) is 5. The Morgan fingerprint density at radius 2 is 1.57 bits per heavy atom. The second kappa shape index (κ2) is 10.9. The summed E-state index contributed by atoms with van der Waals surface area (Å²) >= 11 is 6.00. The Labute approximate surface area is 212 Å². The van der Waals surface area contributed by atoms with E-state index in [1.54, 1.807) is 0 Å². The molecule has 0 atom stereocenters. The van der Waals surface area contributed by atoms with E-state index in [1.807, 2.05) is 31.2 Å². The molecule has 35 heavy (non-hydrogen) atoms. The first-order valence-electron chi connectivity index (χ1n) is 12.5. The van der Waals surface area contributed by atoms with E-state index in [2.05, 4.69) is 45.0 Å². The van der Waals surface area contributed by atoms with Crippen LogP contribution in [0.15, 0.2) is 59.0 Å². The first-order chi connectivity index (χ1) is 17.0. The number of benzene rings is 2. The van der Waals surface area contributed by atoms with E-state index in [4.69, 9.17) is 21.0 Å². The molecule has 6 nitrogen and oxygen atoms in total. The zero-order valence-corrected chi connectivity index (χ0v) is 21.1. The largest absolute Gasteiger partial charge is 0.441 e. The van der Waals surface area contributed by atoms with Crippen molar-refractivity contribution in [3.63, 3.8) is 0 Å². The summed E-state index contributed by atoms with van der Waals surface area (Å²) in [6.45, 7) is 9.05. The molecule has 2 aliphatic heterocycles. The highest BCUT2D eigenvalue weighted by Gasteiger charge is 2.31. The normalized spacial score (nSPS) is 18.2. The number of piperidine rings is 1.